The van der Waals surface area contributed by atoms with Crippen LogP contribution in [0.2, 0.25) is 5.02 Å². The number of urea groups is 1. The summed E-state index contributed by atoms with van der Waals surface area (Å²) in [6, 6.07) is 4.02. The van der Waals surface area contributed by atoms with Crippen LogP contribution in [0.1, 0.15) is 38.2 Å². The molecular formula is C19H22ClN3O4. The molecule has 1 saturated carbocycles. The summed E-state index contributed by atoms with van der Waals surface area (Å²) in [6.07, 6.45) is 3.56. The number of hydrogen-bond acceptors (Lipinski definition) is 4. The second-order valence-corrected chi connectivity index (χ2v) is 7.60. The van der Waals surface area contributed by atoms with Crippen molar-refractivity contribution in [2.45, 2.75) is 45.6 Å². The van der Waals surface area contributed by atoms with Crippen LogP contribution in [0, 0.1) is 12.8 Å². The van der Waals surface area contributed by atoms with Gasteiger partial charge in [-0.25, -0.2) is 9.69 Å². The fraction of sp³-hybridized carbons (Fsp3) is 0.474. The van der Waals surface area contributed by atoms with Crippen LogP contribution >= 0.6 is 11.6 Å². The normalized spacial score (nSPS) is 23.1. The molecule has 0 unspecified atom stereocenters. The van der Waals surface area contributed by atoms with Crippen LogP contribution in [0.5, 0.6) is 0 Å². The highest BCUT2D eigenvalue weighted by Gasteiger charge is 2.49. The number of nitrogens with zero attached hydrogens (tertiary/aromatic N) is 2. The van der Waals surface area contributed by atoms with Gasteiger partial charge in [-0.1, -0.05) is 37.4 Å². The van der Waals surface area contributed by atoms with E-state index in [1.165, 1.54) is 0 Å². The molecule has 5 amide bonds. The summed E-state index contributed by atoms with van der Waals surface area (Å²) in [5, 5.41) is 3.09. The molecular weight excluding hydrogens is 370 g/mol. The first-order chi connectivity index (χ1) is 12.8. The van der Waals surface area contributed by atoms with Gasteiger partial charge in [-0.2, -0.15) is 0 Å². The minimum atomic E-state index is -0.949. The van der Waals surface area contributed by atoms with Crippen LogP contribution in [0.4, 0.5) is 10.5 Å². The molecule has 0 spiro atoms. The Morgan fingerprint density at radius 3 is 2.56 bits per heavy atom. The van der Waals surface area contributed by atoms with Crippen molar-refractivity contribution in [3.05, 3.63) is 28.8 Å². The van der Waals surface area contributed by atoms with Crippen molar-refractivity contribution in [1.29, 1.82) is 0 Å². The van der Waals surface area contributed by atoms with Crippen molar-refractivity contribution in [3.8, 4) is 0 Å². The van der Waals surface area contributed by atoms with E-state index in [4.69, 9.17) is 11.6 Å². The largest absolute Gasteiger partial charge is 0.334 e. The Balaban J connectivity index is 1.70. The molecule has 1 aliphatic heterocycles. The fourth-order valence-corrected chi connectivity index (χ4v) is 3.83. The number of rotatable bonds is 4. The van der Waals surface area contributed by atoms with Gasteiger partial charge in [-0.05, 0) is 43.4 Å². The smallest absolute Gasteiger partial charge is 0.324 e. The lowest BCUT2D eigenvalue weighted by atomic mass is 9.85. The van der Waals surface area contributed by atoms with Gasteiger partial charge in [-0.3, -0.25) is 19.3 Å². The Labute approximate surface area is 162 Å². The number of imide groups is 2. The average Bonchev–Trinajstić information content (AvgIpc) is 2.82. The maximum Gasteiger partial charge on any atom is 0.334 e. The molecule has 1 saturated heterocycles. The highest BCUT2D eigenvalue weighted by atomic mass is 35.5. The number of nitrogens with one attached hydrogen (secondary N) is 1. The van der Waals surface area contributed by atoms with Gasteiger partial charge >= 0.3 is 17.8 Å². The number of carbonyl (C=O) groups excluding carboxylic acids is 4. The molecule has 0 aromatic heterocycles. The highest BCUT2D eigenvalue weighted by Crippen LogP contribution is 2.31. The minimum absolute atomic E-state index is 0.142. The van der Waals surface area contributed by atoms with Gasteiger partial charge in [0.1, 0.15) is 6.54 Å². The molecule has 0 bridgehead atoms. The molecule has 3 rings (SSSR count). The predicted octanol–water partition coefficient (Wildman–Crippen LogP) is 2.96. The molecule has 1 N–H and O–H groups in total. The standard InChI is InChI=1S/C19H22ClN3O4/c1-11-7-8-13(9-14(11)20)21-16(24)10-22-17(25)18(26)23(19(22)27)15-6-4-3-5-12(15)2/h7-9,12,15H,3-6,10H2,1-2H3,(H,21,24)/t12-,15+/m0/s1. The fourth-order valence-electron chi connectivity index (χ4n) is 3.65. The lowest BCUT2D eigenvalue weighted by Gasteiger charge is -2.34. The maximum absolute atomic E-state index is 12.7. The first-order valence-corrected chi connectivity index (χ1v) is 9.42. The predicted molar refractivity (Wildman–Crippen MR) is 100 cm³/mol. The van der Waals surface area contributed by atoms with Crippen molar-refractivity contribution < 1.29 is 19.2 Å². The first-order valence-electron chi connectivity index (χ1n) is 9.04. The van der Waals surface area contributed by atoms with Gasteiger partial charge in [0, 0.05) is 16.8 Å². The molecule has 1 heterocycles. The molecule has 144 valence electrons. The quantitative estimate of drug-likeness (QED) is 0.631. The number of anilines is 1. The Bertz CT molecular complexity index is 810. The summed E-state index contributed by atoms with van der Waals surface area (Å²) >= 11 is 6.03. The van der Waals surface area contributed by atoms with E-state index in [0.29, 0.717) is 17.1 Å². The van der Waals surface area contributed by atoms with E-state index >= 15 is 0 Å². The van der Waals surface area contributed by atoms with E-state index in [-0.39, 0.29) is 12.0 Å². The van der Waals surface area contributed by atoms with E-state index in [2.05, 4.69) is 5.32 Å². The molecule has 0 radical (unpaired) electrons. The molecule has 1 aliphatic carbocycles. The number of hydrogen-bond donors (Lipinski definition) is 1. The summed E-state index contributed by atoms with van der Waals surface area (Å²) in [6.45, 7) is 3.31. The summed E-state index contributed by atoms with van der Waals surface area (Å²) < 4.78 is 0. The van der Waals surface area contributed by atoms with E-state index in [1.807, 2.05) is 13.8 Å². The van der Waals surface area contributed by atoms with Crippen LogP contribution in [0.15, 0.2) is 18.2 Å². The zero-order valence-corrected chi connectivity index (χ0v) is 16.1. The Hall–Kier alpha value is -2.41. The zero-order valence-electron chi connectivity index (χ0n) is 15.3. The Morgan fingerprint density at radius 2 is 1.89 bits per heavy atom. The second kappa shape index (κ2) is 7.68. The minimum Gasteiger partial charge on any atom is -0.324 e. The molecule has 2 aliphatic rings. The summed E-state index contributed by atoms with van der Waals surface area (Å²) in [5.74, 6) is -2.22. The summed E-state index contributed by atoms with van der Waals surface area (Å²) in [4.78, 5) is 51.3. The lowest BCUT2D eigenvalue weighted by molar-refractivity contribution is -0.145. The van der Waals surface area contributed by atoms with Crippen LogP contribution in [-0.2, 0) is 14.4 Å². The molecule has 8 heteroatoms. The number of carbonyl (C=O) groups is 4. The van der Waals surface area contributed by atoms with Gasteiger partial charge in [-0.15, -0.1) is 0 Å². The molecule has 1 aromatic rings. The van der Waals surface area contributed by atoms with Gasteiger partial charge in [0.25, 0.3) is 0 Å². The Kier molecular flexibility index (Phi) is 5.51. The van der Waals surface area contributed by atoms with Crippen LogP contribution in [0.25, 0.3) is 0 Å². The first kappa shape index (κ1) is 19.4. The summed E-state index contributed by atoms with van der Waals surface area (Å²) in [5.41, 5.74) is 1.32. The number of amides is 5. The van der Waals surface area contributed by atoms with E-state index in [1.54, 1.807) is 18.2 Å². The third-order valence-corrected chi connectivity index (χ3v) is 5.65. The Morgan fingerprint density at radius 1 is 1.19 bits per heavy atom. The second-order valence-electron chi connectivity index (χ2n) is 7.19. The van der Waals surface area contributed by atoms with E-state index < -0.39 is 30.3 Å². The molecule has 2 atom stereocenters. The molecule has 27 heavy (non-hydrogen) atoms. The number of halogens is 1. The van der Waals surface area contributed by atoms with E-state index in [9.17, 15) is 19.2 Å². The maximum atomic E-state index is 12.7. The topological polar surface area (TPSA) is 86.8 Å². The molecule has 7 nitrogen and oxygen atoms in total. The average molecular weight is 392 g/mol. The SMILES string of the molecule is Cc1ccc(NC(=O)CN2C(=O)C(=O)N([C@@H]3CCCC[C@@H]3C)C2=O)cc1Cl. The summed E-state index contributed by atoms with van der Waals surface area (Å²) in [7, 11) is 0. The number of aryl methyl sites for hydroxylation is 1. The van der Waals surface area contributed by atoms with Crippen molar-refractivity contribution in [3.63, 3.8) is 0 Å². The van der Waals surface area contributed by atoms with Crippen molar-refractivity contribution in [2.24, 2.45) is 5.92 Å². The third-order valence-electron chi connectivity index (χ3n) is 5.24. The van der Waals surface area contributed by atoms with E-state index in [0.717, 1.165) is 34.6 Å². The van der Waals surface area contributed by atoms with Gasteiger partial charge in [0.2, 0.25) is 5.91 Å². The third kappa shape index (κ3) is 3.83. The van der Waals surface area contributed by atoms with Gasteiger partial charge in [0.05, 0.1) is 0 Å². The van der Waals surface area contributed by atoms with Crippen LogP contribution in [0.3, 0.4) is 0 Å². The van der Waals surface area contributed by atoms with Gasteiger partial charge < -0.3 is 5.32 Å². The van der Waals surface area contributed by atoms with Gasteiger partial charge in [0.15, 0.2) is 0 Å². The molecule has 1 aromatic carbocycles. The van der Waals surface area contributed by atoms with Crippen molar-refractivity contribution >= 4 is 41.0 Å². The zero-order chi connectivity index (χ0) is 19.7. The highest BCUT2D eigenvalue weighted by molar-refractivity contribution is 6.45. The van der Waals surface area contributed by atoms with Crippen molar-refractivity contribution in [1.82, 2.24) is 9.80 Å². The monoisotopic (exact) mass is 391 g/mol. The van der Waals surface area contributed by atoms with Crippen LogP contribution < -0.4 is 5.32 Å². The van der Waals surface area contributed by atoms with Crippen molar-refractivity contribution in [2.75, 3.05) is 11.9 Å². The molecule has 2 fully saturated rings. The van der Waals surface area contributed by atoms with Crippen LogP contribution in [-0.4, -0.2) is 46.1 Å². The lowest BCUT2D eigenvalue weighted by Crippen LogP contribution is -2.46. The number of benzene rings is 1.